The molecule has 2 aliphatic rings. The summed E-state index contributed by atoms with van der Waals surface area (Å²) in [5.74, 6) is 0.563. The number of carbonyl (C=O) groups is 1. The van der Waals surface area contributed by atoms with Crippen molar-refractivity contribution >= 4 is 33.7 Å². The highest BCUT2D eigenvalue weighted by atomic mass is 32.1. The maximum Gasteiger partial charge on any atom is 0.265 e. The molecule has 4 heterocycles. The Bertz CT molecular complexity index is 969. The van der Waals surface area contributed by atoms with E-state index in [0.717, 1.165) is 11.2 Å². The number of fused-ring (bicyclic) bond motifs is 1. The lowest BCUT2D eigenvalue weighted by molar-refractivity contribution is -0.126. The van der Waals surface area contributed by atoms with Crippen molar-refractivity contribution in [2.75, 3.05) is 23.3 Å². The van der Waals surface area contributed by atoms with E-state index >= 15 is 4.39 Å². The average Bonchev–Trinajstić information content (AvgIpc) is 3.04. The van der Waals surface area contributed by atoms with E-state index in [1.807, 2.05) is 11.0 Å². The molecule has 9 heteroatoms. The van der Waals surface area contributed by atoms with E-state index in [-0.39, 0.29) is 13.0 Å². The van der Waals surface area contributed by atoms with Gasteiger partial charge in [-0.15, -0.1) is 11.3 Å². The van der Waals surface area contributed by atoms with Crippen molar-refractivity contribution in [2.24, 2.45) is 0 Å². The van der Waals surface area contributed by atoms with Crippen molar-refractivity contribution in [3.05, 3.63) is 35.7 Å². The monoisotopic (exact) mass is 372 g/mol. The number of nitrogens with zero attached hydrogens (tertiary/aromatic N) is 5. The van der Waals surface area contributed by atoms with Gasteiger partial charge in [0.15, 0.2) is 10.9 Å². The predicted molar refractivity (Wildman–Crippen MR) is 96.4 cm³/mol. The molecule has 1 amide bonds. The van der Waals surface area contributed by atoms with Crippen molar-refractivity contribution < 1.29 is 9.18 Å². The molecule has 0 bridgehead atoms. The van der Waals surface area contributed by atoms with E-state index in [1.165, 1.54) is 24.2 Å². The Labute approximate surface area is 152 Å². The molecule has 5 rings (SSSR count). The molecule has 2 fully saturated rings. The van der Waals surface area contributed by atoms with E-state index < -0.39 is 11.6 Å². The van der Waals surface area contributed by atoms with Crippen LogP contribution in [0.4, 0.5) is 15.3 Å². The van der Waals surface area contributed by atoms with Crippen LogP contribution in [0.1, 0.15) is 30.9 Å². The smallest absolute Gasteiger partial charge is 0.265 e. The SMILES string of the molecule is O=C(Nc1nccs1)C1(F)CCN(c2nccn3nc(C4CC4)cc23)C1. The molecule has 1 aliphatic heterocycles. The van der Waals surface area contributed by atoms with Crippen LogP contribution < -0.4 is 10.2 Å². The second kappa shape index (κ2) is 5.73. The maximum absolute atomic E-state index is 15.3. The van der Waals surface area contributed by atoms with Gasteiger partial charge in [-0.25, -0.2) is 18.9 Å². The predicted octanol–water partition coefficient (Wildman–Crippen LogP) is 2.62. The number of halogens is 1. The van der Waals surface area contributed by atoms with Gasteiger partial charge < -0.3 is 4.90 Å². The summed E-state index contributed by atoms with van der Waals surface area (Å²) in [6, 6.07) is 2.04. The molecular formula is C17H17FN6OS. The van der Waals surface area contributed by atoms with E-state index in [9.17, 15) is 4.79 Å². The summed E-state index contributed by atoms with van der Waals surface area (Å²) in [5.41, 5.74) is -0.0371. The van der Waals surface area contributed by atoms with Crippen LogP contribution in [0.5, 0.6) is 0 Å². The van der Waals surface area contributed by atoms with Gasteiger partial charge in [-0.05, 0) is 18.9 Å². The normalized spacial score (nSPS) is 22.9. The van der Waals surface area contributed by atoms with E-state index in [1.54, 1.807) is 28.5 Å². The van der Waals surface area contributed by atoms with Gasteiger partial charge in [0.05, 0.1) is 12.2 Å². The van der Waals surface area contributed by atoms with E-state index in [0.29, 0.717) is 23.4 Å². The van der Waals surface area contributed by atoms with Gasteiger partial charge in [-0.3, -0.25) is 10.1 Å². The number of rotatable bonds is 4. The summed E-state index contributed by atoms with van der Waals surface area (Å²) in [4.78, 5) is 22.6. The number of alkyl halides is 1. The van der Waals surface area contributed by atoms with E-state index in [4.69, 9.17) is 0 Å². The zero-order valence-electron chi connectivity index (χ0n) is 13.9. The second-order valence-electron chi connectivity index (χ2n) is 6.85. The van der Waals surface area contributed by atoms with Crippen molar-refractivity contribution in [3.63, 3.8) is 0 Å². The first-order valence-electron chi connectivity index (χ1n) is 8.61. The number of thiazole rings is 1. The van der Waals surface area contributed by atoms with Crippen molar-refractivity contribution in [3.8, 4) is 0 Å². The Morgan fingerprint density at radius 3 is 3.00 bits per heavy atom. The first kappa shape index (κ1) is 15.7. The number of carbonyl (C=O) groups excluding carboxylic acids is 1. The van der Waals surface area contributed by atoms with Crippen LogP contribution in [-0.2, 0) is 4.79 Å². The third kappa shape index (κ3) is 2.63. The third-order valence-electron chi connectivity index (χ3n) is 4.96. The fourth-order valence-corrected chi connectivity index (χ4v) is 3.91. The molecule has 1 N–H and O–H groups in total. The number of amides is 1. The number of nitrogens with one attached hydrogen (secondary N) is 1. The molecule has 3 aromatic heterocycles. The Morgan fingerprint density at radius 1 is 1.35 bits per heavy atom. The lowest BCUT2D eigenvalue weighted by atomic mass is 10.1. The maximum atomic E-state index is 15.3. The summed E-state index contributed by atoms with van der Waals surface area (Å²) in [5, 5.41) is 9.32. The average molecular weight is 372 g/mol. The third-order valence-corrected chi connectivity index (χ3v) is 5.65. The molecule has 26 heavy (non-hydrogen) atoms. The fraction of sp³-hybridized carbons (Fsp3) is 0.412. The lowest BCUT2D eigenvalue weighted by Gasteiger charge is -2.20. The van der Waals surface area contributed by atoms with Gasteiger partial charge in [-0.1, -0.05) is 0 Å². The minimum atomic E-state index is -1.96. The number of hydrogen-bond donors (Lipinski definition) is 1. The molecule has 3 aromatic rings. The van der Waals surface area contributed by atoms with Gasteiger partial charge in [0.25, 0.3) is 5.91 Å². The topological polar surface area (TPSA) is 75.4 Å². The van der Waals surface area contributed by atoms with E-state index in [2.05, 4.69) is 20.4 Å². The summed E-state index contributed by atoms with van der Waals surface area (Å²) in [6.07, 6.45) is 7.50. The standard InChI is InChI=1S/C17H17FN6OS/c18-17(15(25)21-16-20-5-8-26-16)3-6-23(10-17)14-13-9-12(11-1-2-11)22-24(13)7-4-19-14/h4-5,7-9,11H,1-3,6,10H2,(H,20,21,25). The van der Waals surface area contributed by atoms with Crippen LogP contribution in [-0.4, -0.2) is 44.2 Å². The second-order valence-corrected chi connectivity index (χ2v) is 7.75. The van der Waals surface area contributed by atoms with Crippen molar-refractivity contribution in [1.29, 1.82) is 0 Å². The van der Waals surface area contributed by atoms with Gasteiger partial charge in [0, 0.05) is 42.9 Å². The molecule has 1 aliphatic carbocycles. The number of hydrogen-bond acceptors (Lipinski definition) is 6. The Morgan fingerprint density at radius 2 is 2.23 bits per heavy atom. The van der Waals surface area contributed by atoms with Crippen LogP contribution in [0.25, 0.3) is 5.52 Å². The molecule has 0 aromatic carbocycles. The number of aromatic nitrogens is 4. The summed E-state index contributed by atoms with van der Waals surface area (Å²) in [6.45, 7) is 0.402. The molecular weight excluding hydrogens is 355 g/mol. The van der Waals surface area contributed by atoms with Crippen molar-refractivity contribution in [2.45, 2.75) is 30.8 Å². The molecule has 1 saturated carbocycles. The quantitative estimate of drug-likeness (QED) is 0.762. The summed E-state index contributed by atoms with van der Waals surface area (Å²) in [7, 11) is 0. The minimum Gasteiger partial charge on any atom is -0.351 e. The van der Waals surface area contributed by atoms with Crippen LogP contribution >= 0.6 is 11.3 Å². The van der Waals surface area contributed by atoms with Crippen molar-refractivity contribution in [1.82, 2.24) is 19.6 Å². The molecule has 7 nitrogen and oxygen atoms in total. The summed E-state index contributed by atoms with van der Waals surface area (Å²) < 4.78 is 17.0. The highest BCUT2D eigenvalue weighted by molar-refractivity contribution is 7.13. The highest BCUT2D eigenvalue weighted by Crippen LogP contribution is 2.40. The zero-order valence-corrected chi connectivity index (χ0v) is 14.7. The summed E-state index contributed by atoms with van der Waals surface area (Å²) >= 11 is 1.27. The fourth-order valence-electron chi connectivity index (χ4n) is 3.38. The highest BCUT2D eigenvalue weighted by Gasteiger charge is 2.46. The minimum absolute atomic E-state index is 0.0270. The number of anilines is 2. The molecule has 1 atom stereocenters. The lowest BCUT2D eigenvalue weighted by Crippen LogP contribution is -2.41. The first-order chi connectivity index (χ1) is 12.6. The largest absolute Gasteiger partial charge is 0.351 e. The van der Waals surface area contributed by atoms with Gasteiger partial charge in [-0.2, -0.15) is 5.10 Å². The Balaban J connectivity index is 1.40. The van der Waals surface area contributed by atoms with Crippen LogP contribution in [0.3, 0.4) is 0 Å². The molecule has 1 unspecified atom stereocenters. The molecule has 0 spiro atoms. The molecule has 134 valence electrons. The Kier molecular flexibility index (Phi) is 3.46. The van der Waals surface area contributed by atoms with Crippen LogP contribution in [0.15, 0.2) is 30.0 Å². The first-order valence-corrected chi connectivity index (χ1v) is 9.49. The van der Waals surface area contributed by atoms with Gasteiger partial charge in [0.1, 0.15) is 5.52 Å². The van der Waals surface area contributed by atoms with Gasteiger partial charge >= 0.3 is 0 Å². The van der Waals surface area contributed by atoms with Crippen LogP contribution in [0.2, 0.25) is 0 Å². The molecule has 0 radical (unpaired) electrons. The zero-order chi connectivity index (χ0) is 17.7. The van der Waals surface area contributed by atoms with Gasteiger partial charge in [0.2, 0.25) is 5.67 Å². The van der Waals surface area contributed by atoms with Crippen LogP contribution in [0, 0.1) is 0 Å². The molecule has 1 saturated heterocycles. The Hall–Kier alpha value is -2.55.